The zero-order valence-electron chi connectivity index (χ0n) is 9.98. The van der Waals surface area contributed by atoms with Crippen LogP contribution in [0.3, 0.4) is 0 Å². The molecule has 3 unspecified atom stereocenters. The number of hydrogen-bond donors (Lipinski definition) is 1. The maximum atomic E-state index is 10.3. The Balaban J connectivity index is 1.64. The van der Waals surface area contributed by atoms with E-state index in [1.165, 1.54) is 25.7 Å². The van der Waals surface area contributed by atoms with Crippen molar-refractivity contribution in [1.29, 1.82) is 0 Å². The molecule has 0 amide bonds. The van der Waals surface area contributed by atoms with Crippen LogP contribution >= 0.6 is 11.6 Å². The van der Waals surface area contributed by atoms with Gasteiger partial charge in [-0.15, -0.1) is 0 Å². The average Bonchev–Trinajstić information content (AvgIpc) is 3.06. The number of rotatable bonds is 3. The standard InChI is InChI=1S/C15H19ClO/c16-13-8-4-1-5-10(13)9-14(17)15-11-6-2-3-7-12(11)15/h1,4-5,8,11-12,14-15,17H,2-3,6-7,9H2. The van der Waals surface area contributed by atoms with Gasteiger partial charge in [0.05, 0.1) is 6.10 Å². The third-order valence-electron chi connectivity index (χ3n) is 4.55. The van der Waals surface area contributed by atoms with E-state index in [2.05, 4.69) is 0 Å². The smallest absolute Gasteiger partial charge is 0.0614 e. The highest BCUT2D eigenvalue weighted by atomic mass is 35.5. The molecule has 0 aromatic heterocycles. The molecule has 17 heavy (non-hydrogen) atoms. The van der Waals surface area contributed by atoms with E-state index < -0.39 is 0 Å². The van der Waals surface area contributed by atoms with Gasteiger partial charge in [-0.05, 0) is 42.2 Å². The second-order valence-electron chi connectivity index (χ2n) is 5.55. The summed E-state index contributed by atoms with van der Waals surface area (Å²) in [5.41, 5.74) is 1.09. The van der Waals surface area contributed by atoms with Gasteiger partial charge >= 0.3 is 0 Å². The lowest BCUT2D eigenvalue weighted by Crippen LogP contribution is -2.15. The molecule has 0 heterocycles. The highest BCUT2D eigenvalue weighted by molar-refractivity contribution is 6.31. The summed E-state index contributed by atoms with van der Waals surface area (Å²) in [6, 6.07) is 7.87. The molecular formula is C15H19ClO. The van der Waals surface area contributed by atoms with Crippen LogP contribution in [0.15, 0.2) is 24.3 Å². The molecule has 1 nitrogen and oxygen atoms in total. The third-order valence-corrected chi connectivity index (χ3v) is 4.92. The predicted molar refractivity (Wildman–Crippen MR) is 70.1 cm³/mol. The van der Waals surface area contributed by atoms with Crippen LogP contribution in [0.25, 0.3) is 0 Å². The Morgan fingerprint density at radius 1 is 1.18 bits per heavy atom. The predicted octanol–water partition coefficient (Wildman–Crippen LogP) is 3.68. The molecule has 92 valence electrons. The summed E-state index contributed by atoms with van der Waals surface area (Å²) >= 11 is 6.14. The molecule has 0 spiro atoms. The molecule has 0 saturated heterocycles. The fourth-order valence-electron chi connectivity index (χ4n) is 3.64. The highest BCUT2D eigenvalue weighted by Crippen LogP contribution is 2.57. The summed E-state index contributed by atoms with van der Waals surface area (Å²) in [6.45, 7) is 0. The van der Waals surface area contributed by atoms with E-state index in [1.54, 1.807) is 0 Å². The first-order chi connectivity index (χ1) is 8.27. The van der Waals surface area contributed by atoms with Crippen LogP contribution in [-0.4, -0.2) is 11.2 Å². The molecule has 1 aromatic carbocycles. The summed E-state index contributed by atoms with van der Waals surface area (Å²) in [4.78, 5) is 0. The number of aliphatic hydroxyl groups excluding tert-OH is 1. The minimum atomic E-state index is -0.192. The van der Waals surface area contributed by atoms with Crippen molar-refractivity contribution in [2.24, 2.45) is 17.8 Å². The maximum absolute atomic E-state index is 10.3. The normalized spacial score (nSPS) is 32.9. The summed E-state index contributed by atoms with van der Waals surface area (Å²) in [6.07, 6.45) is 5.90. The van der Waals surface area contributed by atoms with E-state index in [0.717, 1.165) is 28.8 Å². The van der Waals surface area contributed by atoms with Crippen LogP contribution in [-0.2, 0) is 6.42 Å². The van der Waals surface area contributed by atoms with E-state index in [0.29, 0.717) is 5.92 Å². The van der Waals surface area contributed by atoms with Gasteiger partial charge in [0.1, 0.15) is 0 Å². The molecule has 0 aliphatic heterocycles. The van der Waals surface area contributed by atoms with Gasteiger partial charge in [-0.1, -0.05) is 42.6 Å². The topological polar surface area (TPSA) is 20.2 Å². The lowest BCUT2D eigenvalue weighted by atomic mass is 10.0. The molecule has 2 aliphatic rings. The Morgan fingerprint density at radius 2 is 1.82 bits per heavy atom. The molecule has 1 aromatic rings. The van der Waals surface area contributed by atoms with Crippen LogP contribution < -0.4 is 0 Å². The SMILES string of the molecule is OC(Cc1ccccc1Cl)C1C2CCCCC21. The molecule has 1 N–H and O–H groups in total. The molecule has 3 rings (SSSR count). The van der Waals surface area contributed by atoms with E-state index in [1.807, 2.05) is 24.3 Å². The van der Waals surface area contributed by atoms with E-state index >= 15 is 0 Å². The quantitative estimate of drug-likeness (QED) is 0.868. The van der Waals surface area contributed by atoms with Gasteiger partial charge in [0.25, 0.3) is 0 Å². The second kappa shape index (κ2) is 4.62. The molecule has 3 atom stereocenters. The molecule has 2 saturated carbocycles. The fraction of sp³-hybridized carbons (Fsp3) is 0.600. The van der Waals surface area contributed by atoms with Gasteiger partial charge in [0.2, 0.25) is 0 Å². The Labute approximate surface area is 108 Å². The first-order valence-corrected chi connectivity index (χ1v) is 7.06. The van der Waals surface area contributed by atoms with Gasteiger partial charge in [-0.3, -0.25) is 0 Å². The molecular weight excluding hydrogens is 232 g/mol. The van der Waals surface area contributed by atoms with E-state index in [4.69, 9.17) is 11.6 Å². The summed E-state index contributed by atoms with van der Waals surface area (Å²) < 4.78 is 0. The van der Waals surface area contributed by atoms with Crippen molar-refractivity contribution in [2.75, 3.05) is 0 Å². The van der Waals surface area contributed by atoms with Crippen LogP contribution in [0.2, 0.25) is 5.02 Å². The summed E-state index contributed by atoms with van der Waals surface area (Å²) in [7, 11) is 0. The summed E-state index contributed by atoms with van der Waals surface area (Å²) in [5, 5.41) is 11.1. The number of halogens is 1. The molecule has 2 fully saturated rings. The second-order valence-corrected chi connectivity index (χ2v) is 5.96. The van der Waals surface area contributed by atoms with Crippen molar-refractivity contribution in [2.45, 2.75) is 38.2 Å². The molecule has 2 heteroatoms. The van der Waals surface area contributed by atoms with Crippen molar-refractivity contribution in [3.63, 3.8) is 0 Å². The molecule has 2 aliphatic carbocycles. The minimum Gasteiger partial charge on any atom is -0.392 e. The van der Waals surface area contributed by atoms with Crippen molar-refractivity contribution >= 4 is 11.6 Å². The fourth-order valence-corrected chi connectivity index (χ4v) is 3.86. The van der Waals surface area contributed by atoms with Crippen molar-refractivity contribution in [1.82, 2.24) is 0 Å². The Bertz CT molecular complexity index is 392. The van der Waals surface area contributed by atoms with Crippen LogP contribution in [0.5, 0.6) is 0 Å². The average molecular weight is 251 g/mol. The number of aliphatic hydroxyl groups is 1. The van der Waals surface area contributed by atoms with Crippen LogP contribution in [0.1, 0.15) is 31.2 Å². The lowest BCUT2D eigenvalue weighted by Gasteiger charge is -2.11. The Kier molecular flexibility index (Phi) is 3.14. The molecule has 0 radical (unpaired) electrons. The van der Waals surface area contributed by atoms with Crippen LogP contribution in [0.4, 0.5) is 0 Å². The van der Waals surface area contributed by atoms with E-state index in [-0.39, 0.29) is 6.10 Å². The van der Waals surface area contributed by atoms with Crippen molar-refractivity contribution in [3.8, 4) is 0 Å². The summed E-state index contributed by atoms with van der Waals surface area (Å²) in [5.74, 6) is 2.16. The number of benzene rings is 1. The Morgan fingerprint density at radius 3 is 2.47 bits per heavy atom. The van der Waals surface area contributed by atoms with Gasteiger partial charge in [-0.25, -0.2) is 0 Å². The van der Waals surface area contributed by atoms with Gasteiger partial charge in [0, 0.05) is 11.4 Å². The number of hydrogen-bond acceptors (Lipinski definition) is 1. The van der Waals surface area contributed by atoms with Crippen molar-refractivity contribution in [3.05, 3.63) is 34.9 Å². The maximum Gasteiger partial charge on any atom is 0.0614 e. The monoisotopic (exact) mass is 250 g/mol. The van der Waals surface area contributed by atoms with Crippen LogP contribution in [0, 0.1) is 17.8 Å². The molecule has 0 bridgehead atoms. The largest absolute Gasteiger partial charge is 0.392 e. The minimum absolute atomic E-state index is 0.192. The van der Waals surface area contributed by atoms with E-state index in [9.17, 15) is 5.11 Å². The highest BCUT2D eigenvalue weighted by Gasteiger charge is 2.53. The zero-order chi connectivity index (χ0) is 11.8. The first kappa shape index (κ1) is 11.6. The number of fused-ring (bicyclic) bond motifs is 1. The van der Waals surface area contributed by atoms with Gasteiger partial charge in [-0.2, -0.15) is 0 Å². The zero-order valence-corrected chi connectivity index (χ0v) is 10.7. The lowest BCUT2D eigenvalue weighted by molar-refractivity contribution is 0.140. The van der Waals surface area contributed by atoms with Crippen molar-refractivity contribution < 1.29 is 5.11 Å². The Hall–Kier alpha value is -0.530. The first-order valence-electron chi connectivity index (χ1n) is 6.69. The third kappa shape index (κ3) is 2.23. The van der Waals surface area contributed by atoms with Gasteiger partial charge < -0.3 is 5.11 Å². The van der Waals surface area contributed by atoms with Gasteiger partial charge in [0.15, 0.2) is 0 Å².